The first-order chi connectivity index (χ1) is 6.33. The molecule has 76 valence electrons. The number of rotatable bonds is 6. The van der Waals surface area contributed by atoms with Gasteiger partial charge in [-0.25, -0.2) is 0 Å². The van der Waals surface area contributed by atoms with Gasteiger partial charge in [-0.2, -0.15) is 0 Å². The van der Waals surface area contributed by atoms with Crippen molar-refractivity contribution in [2.75, 3.05) is 33.2 Å². The molecule has 2 nitrogen and oxygen atoms in total. The fourth-order valence-corrected chi connectivity index (χ4v) is 1.87. The highest BCUT2D eigenvalue weighted by molar-refractivity contribution is 4.75. The second-order valence-corrected chi connectivity index (χ2v) is 4.05. The molecule has 1 N–H and O–H groups in total. The van der Waals surface area contributed by atoms with E-state index in [0.717, 1.165) is 18.9 Å². The largest absolute Gasteiger partial charge is 0.316 e. The maximum absolute atomic E-state index is 3.71. The van der Waals surface area contributed by atoms with E-state index in [4.69, 9.17) is 0 Å². The minimum atomic E-state index is 0.883. The molecule has 0 amide bonds. The van der Waals surface area contributed by atoms with Crippen LogP contribution < -0.4 is 5.32 Å². The third-order valence-electron chi connectivity index (χ3n) is 2.68. The lowest BCUT2D eigenvalue weighted by atomic mass is 10.1. The summed E-state index contributed by atoms with van der Waals surface area (Å²) in [7, 11) is 2.21. The van der Waals surface area contributed by atoms with E-state index in [9.17, 15) is 0 Å². The van der Waals surface area contributed by atoms with Crippen LogP contribution >= 0.6 is 0 Å². The average molecular weight is 182 g/mol. The van der Waals surface area contributed by atoms with Crippen LogP contribution in [0, 0.1) is 5.92 Å². The Labute approximate surface area is 82.0 Å². The predicted molar refractivity (Wildman–Crippen MR) is 57.9 cm³/mol. The van der Waals surface area contributed by atoms with Gasteiger partial charge in [0, 0.05) is 6.54 Å². The third-order valence-corrected chi connectivity index (χ3v) is 2.68. The van der Waals surface area contributed by atoms with Gasteiger partial charge in [0.05, 0.1) is 0 Å². The molecule has 2 heteroatoms. The second-order valence-electron chi connectivity index (χ2n) is 4.05. The molecule has 1 aliphatic rings. The third kappa shape index (κ3) is 4.44. The topological polar surface area (TPSA) is 15.3 Å². The Balaban J connectivity index is 1.91. The SMILES string of the molecule is C=CCCCNCC1CCN(C)C1. The van der Waals surface area contributed by atoms with E-state index in [1.165, 1.54) is 32.5 Å². The van der Waals surface area contributed by atoms with Crippen molar-refractivity contribution in [2.45, 2.75) is 19.3 Å². The molecule has 1 aliphatic heterocycles. The van der Waals surface area contributed by atoms with Gasteiger partial charge in [0.25, 0.3) is 0 Å². The second kappa shape index (κ2) is 6.17. The summed E-state index contributed by atoms with van der Waals surface area (Å²) in [6.45, 7) is 8.60. The van der Waals surface area contributed by atoms with Crippen molar-refractivity contribution < 1.29 is 0 Å². The van der Waals surface area contributed by atoms with Gasteiger partial charge in [-0.05, 0) is 51.9 Å². The summed E-state index contributed by atoms with van der Waals surface area (Å²) >= 11 is 0. The molecular weight excluding hydrogens is 160 g/mol. The molecule has 1 fully saturated rings. The van der Waals surface area contributed by atoms with Crippen molar-refractivity contribution >= 4 is 0 Å². The van der Waals surface area contributed by atoms with E-state index in [0.29, 0.717) is 0 Å². The molecular formula is C11H22N2. The Morgan fingerprint density at radius 3 is 3.08 bits per heavy atom. The van der Waals surface area contributed by atoms with E-state index in [1.807, 2.05) is 6.08 Å². The molecule has 0 aromatic carbocycles. The zero-order valence-electron chi connectivity index (χ0n) is 8.76. The van der Waals surface area contributed by atoms with Crippen LogP contribution in [0.25, 0.3) is 0 Å². The lowest BCUT2D eigenvalue weighted by Crippen LogP contribution is -2.25. The molecule has 1 rings (SSSR count). The summed E-state index contributed by atoms with van der Waals surface area (Å²) in [6, 6.07) is 0. The van der Waals surface area contributed by atoms with Gasteiger partial charge in [-0.15, -0.1) is 6.58 Å². The first-order valence-electron chi connectivity index (χ1n) is 5.33. The van der Waals surface area contributed by atoms with Crippen molar-refractivity contribution in [1.29, 1.82) is 0 Å². The molecule has 0 saturated carbocycles. The van der Waals surface area contributed by atoms with Crippen molar-refractivity contribution in [2.24, 2.45) is 5.92 Å². The van der Waals surface area contributed by atoms with E-state index < -0.39 is 0 Å². The maximum Gasteiger partial charge on any atom is 0.00192 e. The standard InChI is InChI=1S/C11H22N2/c1-3-4-5-7-12-9-11-6-8-13(2)10-11/h3,11-12H,1,4-10H2,2H3. The van der Waals surface area contributed by atoms with Crippen LogP contribution in [0.5, 0.6) is 0 Å². The Morgan fingerprint density at radius 1 is 1.62 bits per heavy atom. The molecule has 0 aromatic heterocycles. The molecule has 0 aliphatic carbocycles. The van der Waals surface area contributed by atoms with E-state index in [2.05, 4.69) is 23.8 Å². The van der Waals surface area contributed by atoms with Gasteiger partial charge in [0.1, 0.15) is 0 Å². The van der Waals surface area contributed by atoms with E-state index in [-0.39, 0.29) is 0 Å². The first kappa shape index (κ1) is 10.7. The normalized spacial score (nSPS) is 23.6. The number of hydrogen-bond acceptors (Lipinski definition) is 2. The summed E-state index contributed by atoms with van der Waals surface area (Å²) in [5.41, 5.74) is 0. The van der Waals surface area contributed by atoms with Gasteiger partial charge in [-0.3, -0.25) is 0 Å². The number of allylic oxidation sites excluding steroid dienone is 1. The Hall–Kier alpha value is -0.340. The van der Waals surface area contributed by atoms with E-state index >= 15 is 0 Å². The molecule has 1 heterocycles. The summed E-state index contributed by atoms with van der Waals surface area (Å²) < 4.78 is 0. The Kier molecular flexibility index (Phi) is 5.09. The van der Waals surface area contributed by atoms with Crippen molar-refractivity contribution in [1.82, 2.24) is 10.2 Å². The van der Waals surface area contributed by atoms with Crippen LogP contribution in [0.1, 0.15) is 19.3 Å². The summed E-state index contributed by atoms with van der Waals surface area (Å²) in [4.78, 5) is 2.41. The summed E-state index contributed by atoms with van der Waals surface area (Å²) in [5.74, 6) is 0.883. The highest BCUT2D eigenvalue weighted by Crippen LogP contribution is 2.12. The summed E-state index contributed by atoms with van der Waals surface area (Å²) in [6.07, 6.45) is 5.72. The molecule has 0 radical (unpaired) electrons. The first-order valence-corrected chi connectivity index (χ1v) is 5.33. The molecule has 0 spiro atoms. The zero-order chi connectivity index (χ0) is 9.52. The summed E-state index contributed by atoms with van der Waals surface area (Å²) in [5, 5.41) is 3.51. The molecule has 0 aromatic rings. The minimum Gasteiger partial charge on any atom is -0.316 e. The van der Waals surface area contributed by atoms with Crippen molar-refractivity contribution in [3.8, 4) is 0 Å². The number of nitrogens with one attached hydrogen (secondary N) is 1. The lowest BCUT2D eigenvalue weighted by molar-refractivity contribution is 0.388. The maximum atomic E-state index is 3.71. The van der Waals surface area contributed by atoms with Crippen LogP contribution in [0.4, 0.5) is 0 Å². The van der Waals surface area contributed by atoms with Gasteiger partial charge < -0.3 is 10.2 Å². The van der Waals surface area contributed by atoms with Gasteiger partial charge in [-0.1, -0.05) is 6.08 Å². The molecule has 1 unspecified atom stereocenters. The number of likely N-dealkylation sites (tertiary alicyclic amines) is 1. The Morgan fingerprint density at radius 2 is 2.46 bits per heavy atom. The minimum absolute atomic E-state index is 0.883. The fraction of sp³-hybridized carbons (Fsp3) is 0.818. The van der Waals surface area contributed by atoms with Crippen LogP contribution in [0.3, 0.4) is 0 Å². The van der Waals surface area contributed by atoms with Crippen LogP contribution in [0.2, 0.25) is 0 Å². The van der Waals surface area contributed by atoms with Crippen molar-refractivity contribution in [3.63, 3.8) is 0 Å². The quantitative estimate of drug-likeness (QED) is 0.494. The smallest absolute Gasteiger partial charge is 0.00192 e. The monoisotopic (exact) mass is 182 g/mol. The lowest BCUT2D eigenvalue weighted by Gasteiger charge is -2.10. The molecule has 1 saturated heterocycles. The number of unbranched alkanes of at least 4 members (excludes halogenated alkanes) is 1. The van der Waals surface area contributed by atoms with Crippen molar-refractivity contribution in [3.05, 3.63) is 12.7 Å². The molecule has 0 bridgehead atoms. The average Bonchev–Trinajstić information content (AvgIpc) is 2.51. The Bertz CT molecular complexity index is 145. The zero-order valence-corrected chi connectivity index (χ0v) is 8.76. The van der Waals surface area contributed by atoms with Gasteiger partial charge >= 0.3 is 0 Å². The van der Waals surface area contributed by atoms with E-state index in [1.54, 1.807) is 0 Å². The predicted octanol–water partition coefficient (Wildman–Crippen LogP) is 1.49. The van der Waals surface area contributed by atoms with Crippen LogP contribution in [0.15, 0.2) is 12.7 Å². The van der Waals surface area contributed by atoms with Crippen LogP contribution in [-0.2, 0) is 0 Å². The molecule has 1 atom stereocenters. The highest BCUT2D eigenvalue weighted by atomic mass is 15.1. The number of hydrogen-bond donors (Lipinski definition) is 1. The number of nitrogens with zero attached hydrogens (tertiary/aromatic N) is 1. The molecule has 13 heavy (non-hydrogen) atoms. The van der Waals surface area contributed by atoms with Gasteiger partial charge in [0.2, 0.25) is 0 Å². The highest BCUT2D eigenvalue weighted by Gasteiger charge is 2.18. The van der Waals surface area contributed by atoms with Crippen LogP contribution in [-0.4, -0.2) is 38.1 Å². The fourth-order valence-electron chi connectivity index (χ4n) is 1.87. The van der Waals surface area contributed by atoms with Gasteiger partial charge in [0.15, 0.2) is 0 Å².